The van der Waals surface area contributed by atoms with Gasteiger partial charge in [0.1, 0.15) is 17.2 Å². The minimum absolute atomic E-state index is 0.0627. The molecule has 2 aromatic carbocycles. The van der Waals surface area contributed by atoms with Crippen LogP contribution in [0.15, 0.2) is 93.1 Å². The molecule has 0 N–H and O–H groups in total. The van der Waals surface area contributed by atoms with Gasteiger partial charge in [0.05, 0.1) is 0 Å². The van der Waals surface area contributed by atoms with E-state index >= 15 is 0 Å². The highest BCUT2D eigenvalue weighted by Crippen LogP contribution is 2.30. The van der Waals surface area contributed by atoms with Gasteiger partial charge in [0.2, 0.25) is 0 Å². The first-order valence-electron chi connectivity index (χ1n) is 10.2. The Bertz CT molecular complexity index is 1280. The molecule has 0 bridgehead atoms. The monoisotopic (exact) mass is 504 g/mol. The molecule has 0 aromatic heterocycles. The van der Waals surface area contributed by atoms with Crippen LogP contribution in [0.25, 0.3) is 6.08 Å². The number of ether oxygens (including phenoxy) is 5. The van der Waals surface area contributed by atoms with Crippen LogP contribution in [0.4, 0.5) is 0 Å². The molecule has 0 saturated carbocycles. The smallest absolute Gasteiger partial charge is 0.336 e. The van der Waals surface area contributed by atoms with Crippen LogP contribution in [-0.4, -0.2) is 29.8 Å². The molecule has 0 spiro atoms. The zero-order valence-electron chi connectivity index (χ0n) is 19.3. The minimum Gasteiger partial charge on any atom is -0.423 e. The van der Waals surface area contributed by atoms with Crippen LogP contribution in [0, 0.1) is 0 Å². The summed E-state index contributed by atoms with van der Waals surface area (Å²) in [5, 5.41) is 0. The van der Waals surface area contributed by atoms with Gasteiger partial charge in [0, 0.05) is 48.6 Å². The van der Waals surface area contributed by atoms with Gasteiger partial charge >= 0.3 is 29.8 Å². The number of carbonyl (C=O) groups excluding carboxylic acids is 5. The fourth-order valence-corrected chi connectivity index (χ4v) is 2.44. The third-order valence-electron chi connectivity index (χ3n) is 3.98. The van der Waals surface area contributed by atoms with Crippen molar-refractivity contribution in [1.82, 2.24) is 0 Å². The number of benzene rings is 2. The Kier molecular flexibility index (Phi) is 10.0. The molecule has 0 heterocycles. The van der Waals surface area contributed by atoms with Gasteiger partial charge in [-0.05, 0) is 23.8 Å². The van der Waals surface area contributed by atoms with Gasteiger partial charge in [-0.3, -0.25) is 0 Å². The molecule has 10 heteroatoms. The molecule has 0 unspecified atom stereocenters. The molecule has 2 rings (SSSR count). The van der Waals surface area contributed by atoms with E-state index in [2.05, 4.69) is 26.3 Å². The number of carbonyl (C=O) groups is 5. The average molecular weight is 504 g/mol. The lowest BCUT2D eigenvalue weighted by Crippen LogP contribution is -2.09. The standard InChI is InChI=1S/C27H20O10/c1-5-23(28)33-18-14-19(34-24(29)6-2)16-20(15-18)35-27(32)12-10-17-9-11-21(36-25(30)7-3)22(13-17)37-26(31)8-4/h5-16H,1-4H2. The first kappa shape index (κ1) is 27.7. The second-order valence-corrected chi connectivity index (χ2v) is 6.60. The maximum absolute atomic E-state index is 12.4. The number of hydrogen-bond acceptors (Lipinski definition) is 10. The van der Waals surface area contributed by atoms with Crippen LogP contribution in [0.5, 0.6) is 28.7 Å². The van der Waals surface area contributed by atoms with Crippen molar-refractivity contribution >= 4 is 35.9 Å². The van der Waals surface area contributed by atoms with E-state index in [9.17, 15) is 24.0 Å². The van der Waals surface area contributed by atoms with Crippen molar-refractivity contribution in [3.63, 3.8) is 0 Å². The Hall–Kier alpha value is -5.51. The summed E-state index contributed by atoms with van der Waals surface area (Å²) in [5.41, 5.74) is 0.372. The van der Waals surface area contributed by atoms with E-state index in [4.69, 9.17) is 23.7 Å². The van der Waals surface area contributed by atoms with Crippen molar-refractivity contribution in [3.8, 4) is 28.7 Å². The first-order valence-corrected chi connectivity index (χ1v) is 10.2. The molecule has 188 valence electrons. The molecule has 0 radical (unpaired) electrons. The normalized spacial score (nSPS) is 9.95. The van der Waals surface area contributed by atoms with Crippen LogP contribution in [0.3, 0.4) is 0 Å². The van der Waals surface area contributed by atoms with Gasteiger partial charge < -0.3 is 23.7 Å². The summed E-state index contributed by atoms with van der Waals surface area (Å²) >= 11 is 0. The predicted molar refractivity (Wildman–Crippen MR) is 131 cm³/mol. The minimum atomic E-state index is -0.861. The summed E-state index contributed by atoms with van der Waals surface area (Å²) in [6.45, 7) is 13.2. The van der Waals surface area contributed by atoms with E-state index in [0.29, 0.717) is 5.56 Å². The van der Waals surface area contributed by atoms with Gasteiger partial charge in [-0.15, -0.1) is 0 Å². The molecule has 0 aliphatic carbocycles. The van der Waals surface area contributed by atoms with E-state index in [1.807, 2.05) is 0 Å². The Balaban J connectivity index is 2.27. The lowest BCUT2D eigenvalue weighted by Gasteiger charge is -2.10. The SMILES string of the molecule is C=CC(=O)Oc1cc(OC(=O)C=C)cc(OC(=O)C=Cc2ccc(OC(=O)C=C)c(OC(=O)C=C)c2)c1. The Morgan fingerprint density at radius 3 is 1.38 bits per heavy atom. The van der Waals surface area contributed by atoms with Gasteiger partial charge in [-0.25, -0.2) is 24.0 Å². The highest BCUT2D eigenvalue weighted by atomic mass is 16.6. The molecule has 10 nitrogen and oxygen atoms in total. The molecule has 0 amide bonds. The average Bonchev–Trinajstić information content (AvgIpc) is 2.88. The molecule has 0 aliphatic rings. The van der Waals surface area contributed by atoms with Crippen LogP contribution in [0.1, 0.15) is 5.56 Å². The molecule has 0 saturated heterocycles. The van der Waals surface area contributed by atoms with Crippen LogP contribution >= 0.6 is 0 Å². The fraction of sp³-hybridized carbons (Fsp3) is 0. The molecular formula is C27H20O10. The van der Waals surface area contributed by atoms with Crippen molar-refractivity contribution < 1.29 is 47.7 Å². The Morgan fingerprint density at radius 1 is 0.514 bits per heavy atom. The van der Waals surface area contributed by atoms with Gasteiger partial charge in [-0.2, -0.15) is 0 Å². The zero-order valence-corrected chi connectivity index (χ0v) is 19.3. The lowest BCUT2D eigenvalue weighted by atomic mass is 10.2. The zero-order chi connectivity index (χ0) is 27.4. The second-order valence-electron chi connectivity index (χ2n) is 6.60. The lowest BCUT2D eigenvalue weighted by molar-refractivity contribution is -0.131. The summed E-state index contributed by atoms with van der Waals surface area (Å²) in [5.74, 6) is -4.47. The third kappa shape index (κ3) is 8.98. The molecule has 0 atom stereocenters. The quantitative estimate of drug-likeness (QED) is 0.254. The first-order chi connectivity index (χ1) is 17.7. The maximum atomic E-state index is 12.4. The van der Waals surface area contributed by atoms with E-state index in [-0.39, 0.29) is 28.7 Å². The maximum Gasteiger partial charge on any atom is 0.336 e. The van der Waals surface area contributed by atoms with E-state index in [0.717, 1.165) is 30.4 Å². The Morgan fingerprint density at radius 2 is 0.919 bits per heavy atom. The molecule has 37 heavy (non-hydrogen) atoms. The highest BCUT2D eigenvalue weighted by molar-refractivity contribution is 5.90. The van der Waals surface area contributed by atoms with Crippen LogP contribution in [0.2, 0.25) is 0 Å². The van der Waals surface area contributed by atoms with Crippen molar-refractivity contribution in [3.05, 3.63) is 98.7 Å². The van der Waals surface area contributed by atoms with Gasteiger partial charge in [0.15, 0.2) is 11.5 Å². The summed E-state index contributed by atoms with van der Waals surface area (Å²) in [7, 11) is 0. The van der Waals surface area contributed by atoms with E-state index in [1.165, 1.54) is 42.5 Å². The largest absolute Gasteiger partial charge is 0.423 e. The second kappa shape index (κ2) is 13.4. The highest BCUT2D eigenvalue weighted by Gasteiger charge is 2.13. The predicted octanol–water partition coefficient (Wildman–Crippen LogP) is 3.67. The van der Waals surface area contributed by atoms with Crippen LogP contribution in [-0.2, 0) is 24.0 Å². The molecular weight excluding hydrogens is 484 g/mol. The van der Waals surface area contributed by atoms with Gasteiger partial charge in [-0.1, -0.05) is 32.4 Å². The topological polar surface area (TPSA) is 132 Å². The van der Waals surface area contributed by atoms with Crippen molar-refractivity contribution in [1.29, 1.82) is 0 Å². The molecule has 0 aliphatic heterocycles. The summed E-state index contributed by atoms with van der Waals surface area (Å²) in [4.78, 5) is 58.6. The third-order valence-corrected chi connectivity index (χ3v) is 3.98. The van der Waals surface area contributed by atoms with Gasteiger partial charge in [0.25, 0.3) is 0 Å². The Labute approximate surface area is 211 Å². The van der Waals surface area contributed by atoms with E-state index in [1.54, 1.807) is 0 Å². The summed E-state index contributed by atoms with van der Waals surface area (Å²) in [6, 6.07) is 7.81. The number of hydrogen-bond donors (Lipinski definition) is 0. The summed E-state index contributed by atoms with van der Waals surface area (Å²) in [6.07, 6.45) is 6.05. The number of esters is 5. The fourth-order valence-electron chi connectivity index (χ4n) is 2.44. The van der Waals surface area contributed by atoms with Crippen molar-refractivity contribution in [2.24, 2.45) is 0 Å². The van der Waals surface area contributed by atoms with Crippen molar-refractivity contribution in [2.45, 2.75) is 0 Å². The summed E-state index contributed by atoms with van der Waals surface area (Å²) < 4.78 is 25.3. The van der Waals surface area contributed by atoms with Crippen molar-refractivity contribution in [2.75, 3.05) is 0 Å². The molecule has 2 aromatic rings. The van der Waals surface area contributed by atoms with E-state index < -0.39 is 29.8 Å². The molecule has 0 fully saturated rings. The van der Waals surface area contributed by atoms with Crippen LogP contribution < -0.4 is 23.7 Å². The number of rotatable bonds is 11.